The van der Waals surface area contributed by atoms with Gasteiger partial charge in [-0.1, -0.05) is 26.7 Å². The minimum absolute atomic E-state index is 0.304. The van der Waals surface area contributed by atoms with Crippen LogP contribution in [0.4, 0.5) is 0 Å². The largest absolute Gasteiger partial charge is 0.453 e. The third-order valence-corrected chi connectivity index (χ3v) is 3.10. The summed E-state index contributed by atoms with van der Waals surface area (Å²) in [5.41, 5.74) is 1.07. The molecule has 0 amide bonds. The number of hydrogen-bond donors (Lipinski definition) is 1. The van der Waals surface area contributed by atoms with Crippen molar-refractivity contribution >= 4 is 11.6 Å². The van der Waals surface area contributed by atoms with E-state index in [0.717, 1.165) is 12.0 Å². The summed E-state index contributed by atoms with van der Waals surface area (Å²) in [5, 5.41) is 3.80. The fourth-order valence-corrected chi connectivity index (χ4v) is 2.21. The fraction of sp³-hybridized carbons (Fsp3) is 0.667. The van der Waals surface area contributed by atoms with Gasteiger partial charge in [-0.3, -0.25) is 0 Å². The van der Waals surface area contributed by atoms with Gasteiger partial charge in [0.05, 0.1) is 6.26 Å². The van der Waals surface area contributed by atoms with Crippen LogP contribution in [0.15, 0.2) is 16.7 Å². The van der Waals surface area contributed by atoms with Gasteiger partial charge in [-0.15, -0.1) is 0 Å². The van der Waals surface area contributed by atoms with Crippen molar-refractivity contribution in [2.75, 3.05) is 7.05 Å². The summed E-state index contributed by atoms with van der Waals surface area (Å²) < 4.78 is 5.11. The minimum Gasteiger partial charge on any atom is -0.453 e. The van der Waals surface area contributed by atoms with Crippen molar-refractivity contribution < 1.29 is 4.42 Å². The Labute approximate surface area is 97.0 Å². The van der Waals surface area contributed by atoms with Gasteiger partial charge in [0.2, 0.25) is 0 Å². The van der Waals surface area contributed by atoms with E-state index >= 15 is 0 Å². The van der Waals surface area contributed by atoms with Crippen molar-refractivity contribution in [2.24, 2.45) is 5.92 Å². The molecule has 2 atom stereocenters. The molecule has 0 fully saturated rings. The maximum absolute atomic E-state index is 5.97. The van der Waals surface area contributed by atoms with Crippen molar-refractivity contribution in [1.29, 1.82) is 0 Å². The van der Waals surface area contributed by atoms with Crippen LogP contribution in [0.1, 0.15) is 44.7 Å². The van der Waals surface area contributed by atoms with E-state index in [1.165, 1.54) is 12.8 Å². The Kier molecular flexibility index (Phi) is 5.20. The van der Waals surface area contributed by atoms with E-state index in [-0.39, 0.29) is 0 Å². The predicted octanol–water partition coefficient (Wildman–Crippen LogP) is 4.02. The van der Waals surface area contributed by atoms with Crippen LogP contribution < -0.4 is 5.32 Å². The molecule has 0 aliphatic heterocycles. The molecule has 15 heavy (non-hydrogen) atoms. The molecule has 0 saturated heterocycles. The van der Waals surface area contributed by atoms with Gasteiger partial charge >= 0.3 is 0 Å². The molecule has 0 bridgehead atoms. The van der Waals surface area contributed by atoms with E-state index in [2.05, 4.69) is 19.2 Å². The second-order valence-corrected chi connectivity index (χ2v) is 4.46. The molecule has 0 aliphatic rings. The van der Waals surface area contributed by atoms with E-state index in [9.17, 15) is 0 Å². The van der Waals surface area contributed by atoms with Gasteiger partial charge in [-0.2, -0.15) is 0 Å². The average molecular weight is 230 g/mol. The molecule has 1 heterocycles. The van der Waals surface area contributed by atoms with Crippen LogP contribution in [-0.4, -0.2) is 7.05 Å². The topological polar surface area (TPSA) is 25.2 Å². The van der Waals surface area contributed by atoms with Crippen molar-refractivity contribution in [2.45, 2.75) is 39.2 Å². The van der Waals surface area contributed by atoms with Gasteiger partial charge in [-0.05, 0) is 37.1 Å². The number of rotatable bonds is 6. The highest BCUT2D eigenvalue weighted by atomic mass is 35.5. The zero-order valence-corrected chi connectivity index (χ0v) is 10.5. The molecule has 1 aromatic heterocycles. The third-order valence-electron chi connectivity index (χ3n) is 2.79. The van der Waals surface area contributed by atoms with Crippen molar-refractivity contribution in [1.82, 2.24) is 5.32 Å². The first-order chi connectivity index (χ1) is 7.19. The zero-order chi connectivity index (χ0) is 11.3. The Morgan fingerprint density at radius 3 is 2.73 bits per heavy atom. The van der Waals surface area contributed by atoms with Gasteiger partial charge in [-0.25, -0.2) is 0 Å². The maximum atomic E-state index is 5.97. The van der Waals surface area contributed by atoms with Crippen LogP contribution in [-0.2, 0) is 0 Å². The second-order valence-electron chi connectivity index (χ2n) is 4.12. The summed E-state index contributed by atoms with van der Waals surface area (Å²) in [6.07, 6.45) is 5.24. The third kappa shape index (κ3) is 3.54. The lowest BCUT2D eigenvalue weighted by atomic mass is 9.94. The first kappa shape index (κ1) is 12.6. The lowest BCUT2D eigenvalue weighted by Gasteiger charge is -2.19. The van der Waals surface area contributed by atoms with Crippen molar-refractivity contribution in [3.05, 3.63) is 23.1 Å². The quantitative estimate of drug-likeness (QED) is 0.797. The molecular weight excluding hydrogens is 210 g/mol. The summed E-state index contributed by atoms with van der Waals surface area (Å²) in [5.74, 6) is 0.707. The lowest BCUT2D eigenvalue weighted by molar-refractivity contribution is 0.404. The molecule has 1 aromatic rings. The molecule has 0 aliphatic carbocycles. The first-order valence-electron chi connectivity index (χ1n) is 5.59. The molecule has 0 spiro atoms. The lowest BCUT2D eigenvalue weighted by Crippen LogP contribution is -2.18. The predicted molar refractivity (Wildman–Crippen MR) is 64.2 cm³/mol. The number of hydrogen-bond acceptors (Lipinski definition) is 2. The minimum atomic E-state index is 0.304. The van der Waals surface area contributed by atoms with E-state index in [1.807, 2.05) is 13.1 Å². The molecule has 2 unspecified atom stereocenters. The standard InChI is InChI=1S/C12H20ClNO/c1-4-5-9(2)8-11(14-3)10-6-7-15-12(10)13/h6-7,9,11,14H,4-5,8H2,1-3H3. The van der Waals surface area contributed by atoms with Crippen molar-refractivity contribution in [3.63, 3.8) is 0 Å². The molecular formula is C12H20ClNO. The summed E-state index contributed by atoms with van der Waals surface area (Å²) in [6.45, 7) is 4.50. The van der Waals surface area contributed by atoms with Gasteiger partial charge in [0.1, 0.15) is 0 Å². The van der Waals surface area contributed by atoms with E-state index in [1.54, 1.807) is 6.26 Å². The Hall–Kier alpha value is -0.470. The summed E-state index contributed by atoms with van der Waals surface area (Å²) in [7, 11) is 1.96. The van der Waals surface area contributed by atoms with E-state index < -0.39 is 0 Å². The van der Waals surface area contributed by atoms with E-state index in [4.69, 9.17) is 16.0 Å². The zero-order valence-electron chi connectivity index (χ0n) is 9.72. The van der Waals surface area contributed by atoms with Crippen LogP contribution in [0.2, 0.25) is 5.22 Å². The Bertz CT molecular complexity index is 285. The van der Waals surface area contributed by atoms with Crippen LogP contribution >= 0.6 is 11.6 Å². The van der Waals surface area contributed by atoms with Crippen LogP contribution in [0.5, 0.6) is 0 Å². The number of furan rings is 1. The van der Waals surface area contributed by atoms with Crippen molar-refractivity contribution in [3.8, 4) is 0 Å². The summed E-state index contributed by atoms with van der Waals surface area (Å²) >= 11 is 5.97. The second kappa shape index (κ2) is 6.19. The highest BCUT2D eigenvalue weighted by Gasteiger charge is 2.17. The Morgan fingerprint density at radius 1 is 1.53 bits per heavy atom. The normalized spacial score (nSPS) is 15.2. The maximum Gasteiger partial charge on any atom is 0.197 e. The summed E-state index contributed by atoms with van der Waals surface area (Å²) in [6, 6.07) is 2.25. The highest BCUT2D eigenvalue weighted by molar-refractivity contribution is 6.29. The van der Waals surface area contributed by atoms with E-state index in [0.29, 0.717) is 17.2 Å². The fourth-order valence-electron chi connectivity index (χ4n) is 1.97. The first-order valence-corrected chi connectivity index (χ1v) is 5.97. The number of halogens is 1. The molecule has 2 nitrogen and oxygen atoms in total. The molecule has 1 N–H and O–H groups in total. The molecule has 0 radical (unpaired) electrons. The SMILES string of the molecule is CCCC(C)CC(NC)c1ccoc1Cl. The molecule has 0 aromatic carbocycles. The smallest absolute Gasteiger partial charge is 0.197 e. The van der Waals surface area contributed by atoms with Crippen LogP contribution in [0, 0.1) is 5.92 Å². The Morgan fingerprint density at radius 2 is 2.27 bits per heavy atom. The van der Waals surface area contributed by atoms with Gasteiger partial charge in [0.25, 0.3) is 0 Å². The highest BCUT2D eigenvalue weighted by Crippen LogP contribution is 2.29. The van der Waals surface area contributed by atoms with Gasteiger partial charge in [0.15, 0.2) is 5.22 Å². The monoisotopic (exact) mass is 229 g/mol. The summed E-state index contributed by atoms with van der Waals surface area (Å²) in [4.78, 5) is 0. The van der Waals surface area contributed by atoms with Gasteiger partial charge < -0.3 is 9.73 Å². The van der Waals surface area contributed by atoms with Crippen LogP contribution in [0.25, 0.3) is 0 Å². The molecule has 3 heteroatoms. The average Bonchev–Trinajstić information content (AvgIpc) is 2.61. The molecule has 0 saturated carbocycles. The van der Waals surface area contributed by atoms with Gasteiger partial charge in [0, 0.05) is 11.6 Å². The van der Waals surface area contributed by atoms with Crippen LogP contribution in [0.3, 0.4) is 0 Å². The molecule has 86 valence electrons. The Balaban J connectivity index is 2.60. The number of nitrogens with one attached hydrogen (secondary N) is 1. The molecule has 1 rings (SSSR count).